The lowest BCUT2D eigenvalue weighted by atomic mass is 9.97. The average molecular weight is 348 g/mol. The van der Waals surface area contributed by atoms with Gasteiger partial charge in [-0.3, -0.25) is 0 Å². The molecule has 0 atom stereocenters. The third-order valence-electron chi connectivity index (χ3n) is 4.75. The molecule has 0 radical (unpaired) electrons. The summed E-state index contributed by atoms with van der Waals surface area (Å²) in [6.07, 6.45) is 4.00. The Balaban J connectivity index is 2.02. The first-order chi connectivity index (χ1) is 11.5. The number of nitrogens with two attached hydrogens (primary N) is 2. The number of aromatic nitrogens is 1. The Bertz CT molecular complexity index is 751. The van der Waals surface area contributed by atoms with Crippen molar-refractivity contribution in [1.82, 2.24) is 4.98 Å². The third-order valence-corrected chi connectivity index (χ3v) is 5.84. The Morgan fingerprint density at radius 3 is 2.75 bits per heavy atom. The quantitative estimate of drug-likeness (QED) is 0.767. The van der Waals surface area contributed by atoms with Gasteiger partial charge in [-0.2, -0.15) is 0 Å². The van der Waals surface area contributed by atoms with Gasteiger partial charge in [0, 0.05) is 18.5 Å². The molecule has 130 valence electrons. The predicted molar refractivity (Wildman–Crippen MR) is 99.0 cm³/mol. The van der Waals surface area contributed by atoms with Gasteiger partial charge in [-0.25, -0.2) is 9.78 Å². The maximum Gasteiger partial charge on any atom is 0.348 e. The van der Waals surface area contributed by atoms with E-state index < -0.39 is 5.97 Å². The molecule has 7 heteroatoms. The number of pyridine rings is 1. The maximum absolute atomic E-state index is 11.4. The highest BCUT2D eigenvalue weighted by Crippen LogP contribution is 2.37. The molecule has 0 aliphatic carbocycles. The number of carboxylic acids is 1. The van der Waals surface area contributed by atoms with Gasteiger partial charge in [0.25, 0.3) is 0 Å². The molecular formula is C17H24N4O2S. The summed E-state index contributed by atoms with van der Waals surface area (Å²) in [6.45, 7) is 4.74. The summed E-state index contributed by atoms with van der Waals surface area (Å²) in [7, 11) is 0. The number of piperidine rings is 1. The van der Waals surface area contributed by atoms with E-state index in [1.807, 2.05) is 0 Å². The molecule has 0 unspecified atom stereocenters. The number of hydrogen-bond acceptors (Lipinski definition) is 6. The average Bonchev–Trinajstić information content (AvgIpc) is 2.92. The summed E-state index contributed by atoms with van der Waals surface area (Å²) in [5, 5.41) is 10.2. The van der Waals surface area contributed by atoms with Gasteiger partial charge < -0.3 is 21.5 Å². The fourth-order valence-corrected chi connectivity index (χ4v) is 4.34. The number of rotatable bonds is 5. The van der Waals surface area contributed by atoms with Crippen molar-refractivity contribution in [3.63, 3.8) is 0 Å². The van der Waals surface area contributed by atoms with Crippen LogP contribution < -0.4 is 16.4 Å². The Kier molecular flexibility index (Phi) is 4.91. The second-order valence-electron chi connectivity index (χ2n) is 6.39. The first kappa shape index (κ1) is 17.0. The number of nitrogens with zero attached hydrogens (tertiary/aromatic N) is 2. The Labute approximate surface area is 145 Å². The van der Waals surface area contributed by atoms with E-state index >= 15 is 0 Å². The van der Waals surface area contributed by atoms with E-state index in [0.29, 0.717) is 11.6 Å². The van der Waals surface area contributed by atoms with Crippen LogP contribution in [-0.2, 0) is 6.42 Å². The largest absolute Gasteiger partial charge is 0.477 e. The van der Waals surface area contributed by atoms with E-state index in [4.69, 9.17) is 16.5 Å². The minimum Gasteiger partial charge on any atom is -0.477 e. The van der Waals surface area contributed by atoms with E-state index in [0.717, 1.165) is 66.9 Å². The van der Waals surface area contributed by atoms with Crippen molar-refractivity contribution >= 4 is 39.0 Å². The Hall–Kier alpha value is -1.86. The molecule has 24 heavy (non-hydrogen) atoms. The second kappa shape index (κ2) is 6.94. The number of nitrogen functional groups attached to an aromatic ring is 1. The van der Waals surface area contributed by atoms with Gasteiger partial charge in [0.1, 0.15) is 15.5 Å². The molecule has 1 aliphatic heterocycles. The molecule has 1 saturated heterocycles. The molecule has 2 aromatic heterocycles. The monoisotopic (exact) mass is 348 g/mol. The minimum atomic E-state index is -0.983. The number of fused-ring (bicyclic) bond motifs is 1. The number of anilines is 2. The van der Waals surface area contributed by atoms with Crippen molar-refractivity contribution < 1.29 is 9.90 Å². The first-order valence-corrected chi connectivity index (χ1v) is 9.27. The van der Waals surface area contributed by atoms with Crippen LogP contribution in [0.15, 0.2) is 6.07 Å². The van der Waals surface area contributed by atoms with Gasteiger partial charge in [-0.15, -0.1) is 11.3 Å². The summed E-state index contributed by atoms with van der Waals surface area (Å²) < 4.78 is 0. The van der Waals surface area contributed by atoms with Crippen LogP contribution in [0.3, 0.4) is 0 Å². The van der Waals surface area contributed by atoms with Crippen LogP contribution in [0.1, 0.15) is 41.4 Å². The van der Waals surface area contributed by atoms with Crippen molar-refractivity contribution in [1.29, 1.82) is 0 Å². The van der Waals surface area contributed by atoms with Gasteiger partial charge in [0.05, 0.1) is 5.69 Å². The molecule has 0 saturated carbocycles. The van der Waals surface area contributed by atoms with E-state index in [1.165, 1.54) is 11.3 Å². The van der Waals surface area contributed by atoms with Crippen molar-refractivity contribution in [2.24, 2.45) is 11.7 Å². The van der Waals surface area contributed by atoms with Crippen LogP contribution in [0.4, 0.5) is 11.5 Å². The molecule has 5 N–H and O–H groups in total. The molecule has 3 heterocycles. The second-order valence-corrected chi connectivity index (χ2v) is 7.38. The standard InChI is InChI=1S/C17H24N4O2S/c1-2-3-11-8-12(21-6-4-10(9-18)5-7-21)20-16-13(11)14(19)15(24-16)17(22)23/h8,10H,2-7,9,18-19H2,1H3,(H,22,23). The summed E-state index contributed by atoms with van der Waals surface area (Å²) in [5.41, 5.74) is 13.3. The predicted octanol–water partition coefficient (Wildman–Crippen LogP) is 2.70. The van der Waals surface area contributed by atoms with Crippen LogP contribution in [0.5, 0.6) is 0 Å². The summed E-state index contributed by atoms with van der Waals surface area (Å²) >= 11 is 1.17. The van der Waals surface area contributed by atoms with Crippen molar-refractivity contribution in [2.75, 3.05) is 30.3 Å². The molecule has 1 aliphatic rings. The number of aryl methyl sites for hydroxylation is 1. The lowest BCUT2D eigenvalue weighted by molar-refractivity contribution is 0.0703. The van der Waals surface area contributed by atoms with E-state index in [9.17, 15) is 9.90 Å². The van der Waals surface area contributed by atoms with E-state index in [2.05, 4.69) is 17.9 Å². The van der Waals surface area contributed by atoms with Crippen LogP contribution in [-0.4, -0.2) is 35.7 Å². The lowest BCUT2D eigenvalue weighted by Gasteiger charge is -2.32. The van der Waals surface area contributed by atoms with Crippen LogP contribution in [0, 0.1) is 5.92 Å². The fourth-order valence-electron chi connectivity index (χ4n) is 3.37. The van der Waals surface area contributed by atoms with Gasteiger partial charge >= 0.3 is 5.97 Å². The molecule has 3 rings (SSSR count). The van der Waals surface area contributed by atoms with Crippen molar-refractivity contribution in [3.8, 4) is 0 Å². The topological polar surface area (TPSA) is 105 Å². The molecule has 2 aromatic rings. The van der Waals surface area contributed by atoms with Gasteiger partial charge in [-0.05, 0) is 43.4 Å². The number of carbonyl (C=O) groups is 1. The number of thiophene rings is 1. The molecule has 0 aromatic carbocycles. The molecule has 0 bridgehead atoms. The van der Waals surface area contributed by atoms with E-state index in [1.54, 1.807) is 0 Å². The number of hydrogen-bond donors (Lipinski definition) is 3. The van der Waals surface area contributed by atoms with Crippen molar-refractivity contribution in [3.05, 3.63) is 16.5 Å². The minimum absolute atomic E-state index is 0.189. The molecule has 0 spiro atoms. The van der Waals surface area contributed by atoms with Crippen LogP contribution >= 0.6 is 11.3 Å². The molecule has 0 amide bonds. The SMILES string of the molecule is CCCc1cc(N2CCC(CN)CC2)nc2sc(C(=O)O)c(N)c12. The van der Waals surface area contributed by atoms with Crippen LogP contribution in [0.25, 0.3) is 10.2 Å². The maximum atomic E-state index is 11.4. The fraction of sp³-hybridized carbons (Fsp3) is 0.529. The van der Waals surface area contributed by atoms with Gasteiger partial charge in [-0.1, -0.05) is 13.3 Å². The zero-order valence-electron chi connectivity index (χ0n) is 13.9. The highest BCUT2D eigenvalue weighted by Gasteiger charge is 2.23. The Morgan fingerprint density at radius 2 is 2.17 bits per heavy atom. The van der Waals surface area contributed by atoms with Gasteiger partial charge in [0.15, 0.2) is 0 Å². The first-order valence-electron chi connectivity index (χ1n) is 8.45. The van der Waals surface area contributed by atoms with E-state index in [-0.39, 0.29) is 4.88 Å². The highest BCUT2D eigenvalue weighted by molar-refractivity contribution is 7.21. The molecular weight excluding hydrogens is 324 g/mol. The molecule has 1 fully saturated rings. The highest BCUT2D eigenvalue weighted by atomic mass is 32.1. The zero-order valence-corrected chi connectivity index (χ0v) is 14.7. The van der Waals surface area contributed by atoms with Crippen molar-refractivity contribution in [2.45, 2.75) is 32.6 Å². The zero-order chi connectivity index (χ0) is 17.3. The lowest BCUT2D eigenvalue weighted by Crippen LogP contribution is -2.36. The summed E-state index contributed by atoms with van der Waals surface area (Å²) in [6, 6.07) is 2.09. The normalized spacial score (nSPS) is 16.0. The van der Waals surface area contributed by atoms with Gasteiger partial charge in [0.2, 0.25) is 0 Å². The third kappa shape index (κ3) is 3.06. The smallest absolute Gasteiger partial charge is 0.348 e. The Morgan fingerprint density at radius 1 is 1.46 bits per heavy atom. The number of aromatic carboxylic acids is 1. The number of carboxylic acid groups (broad SMARTS) is 1. The van der Waals surface area contributed by atoms with Crippen LogP contribution in [0.2, 0.25) is 0 Å². The summed E-state index contributed by atoms with van der Waals surface area (Å²) in [5.74, 6) is 0.541. The summed E-state index contributed by atoms with van der Waals surface area (Å²) in [4.78, 5) is 19.3. The molecule has 6 nitrogen and oxygen atoms in total.